The number of halogens is 1. The molecule has 1 aliphatic heterocycles. The van der Waals surface area contributed by atoms with E-state index in [1.165, 1.54) is 17.0 Å². The number of piperazine rings is 1. The first kappa shape index (κ1) is 16.2. The molecule has 6 nitrogen and oxygen atoms in total. The summed E-state index contributed by atoms with van der Waals surface area (Å²) in [6.07, 6.45) is 0. The minimum atomic E-state index is -0.194. The van der Waals surface area contributed by atoms with Gasteiger partial charge in [-0.15, -0.1) is 16.4 Å². The number of aromatic nitrogens is 4. The zero-order valence-corrected chi connectivity index (χ0v) is 14.6. The molecule has 1 fully saturated rings. The van der Waals surface area contributed by atoms with Crippen LogP contribution < -0.4 is 4.90 Å². The summed E-state index contributed by atoms with van der Waals surface area (Å²) >= 11 is 1.71. The fourth-order valence-corrected chi connectivity index (χ4v) is 3.71. The third-order valence-electron chi connectivity index (χ3n) is 4.42. The van der Waals surface area contributed by atoms with Crippen molar-refractivity contribution in [2.24, 2.45) is 0 Å². The molecule has 1 aromatic carbocycles. The van der Waals surface area contributed by atoms with Crippen molar-refractivity contribution in [2.45, 2.75) is 13.1 Å². The molecule has 0 atom stereocenters. The molecule has 0 spiro atoms. The van der Waals surface area contributed by atoms with Crippen molar-refractivity contribution in [3.63, 3.8) is 0 Å². The molecule has 0 amide bonds. The van der Waals surface area contributed by atoms with Gasteiger partial charge in [-0.2, -0.15) is 0 Å². The van der Waals surface area contributed by atoms with Crippen LogP contribution in [0.4, 0.5) is 10.1 Å². The van der Waals surface area contributed by atoms with Gasteiger partial charge in [0.1, 0.15) is 5.82 Å². The van der Waals surface area contributed by atoms with E-state index in [4.69, 9.17) is 0 Å². The molecule has 1 aliphatic rings. The number of nitrogens with zero attached hydrogens (tertiary/aromatic N) is 6. The largest absolute Gasteiger partial charge is 0.369 e. The van der Waals surface area contributed by atoms with Crippen LogP contribution in [0.3, 0.4) is 0 Å². The van der Waals surface area contributed by atoms with Gasteiger partial charge < -0.3 is 4.90 Å². The van der Waals surface area contributed by atoms with Crippen LogP contribution in [0.2, 0.25) is 0 Å². The summed E-state index contributed by atoms with van der Waals surface area (Å²) in [5, 5.41) is 14.2. The Morgan fingerprint density at radius 3 is 2.52 bits per heavy atom. The predicted octanol–water partition coefficient (Wildman–Crippen LogP) is 2.24. The summed E-state index contributed by atoms with van der Waals surface area (Å²) in [6, 6.07) is 10.8. The molecule has 0 unspecified atom stereocenters. The highest BCUT2D eigenvalue weighted by Gasteiger charge is 2.19. The first-order chi connectivity index (χ1) is 12.3. The van der Waals surface area contributed by atoms with Gasteiger partial charge in [0.15, 0.2) is 5.82 Å². The molecule has 0 saturated carbocycles. The number of benzene rings is 1. The normalized spacial score (nSPS) is 15.6. The average molecular weight is 358 g/mol. The maximum atomic E-state index is 13.1. The van der Waals surface area contributed by atoms with E-state index in [1.54, 1.807) is 11.3 Å². The highest BCUT2D eigenvalue weighted by atomic mass is 32.1. The van der Waals surface area contributed by atoms with Gasteiger partial charge in [0.25, 0.3) is 0 Å². The molecule has 0 radical (unpaired) electrons. The van der Waals surface area contributed by atoms with Crippen molar-refractivity contribution in [1.29, 1.82) is 0 Å². The van der Waals surface area contributed by atoms with Crippen molar-refractivity contribution < 1.29 is 4.39 Å². The number of rotatable bonds is 5. The maximum Gasteiger partial charge on any atom is 0.165 e. The smallest absolute Gasteiger partial charge is 0.165 e. The molecule has 0 N–H and O–H groups in total. The molecule has 3 heterocycles. The van der Waals surface area contributed by atoms with Gasteiger partial charge in [0.2, 0.25) is 0 Å². The fourth-order valence-electron chi connectivity index (χ4n) is 3.03. The number of hydrogen-bond acceptors (Lipinski definition) is 6. The lowest BCUT2D eigenvalue weighted by molar-refractivity contribution is 0.240. The van der Waals surface area contributed by atoms with E-state index in [-0.39, 0.29) is 5.82 Å². The number of hydrogen-bond donors (Lipinski definition) is 0. The zero-order valence-electron chi connectivity index (χ0n) is 13.8. The number of thiophene rings is 1. The highest BCUT2D eigenvalue weighted by Crippen LogP contribution is 2.18. The van der Waals surface area contributed by atoms with Crippen LogP contribution in [0.5, 0.6) is 0 Å². The van der Waals surface area contributed by atoms with Crippen LogP contribution in [0, 0.1) is 5.82 Å². The van der Waals surface area contributed by atoms with Crippen molar-refractivity contribution in [2.75, 3.05) is 31.1 Å². The molecule has 3 aromatic rings. The van der Waals surface area contributed by atoms with E-state index in [9.17, 15) is 4.39 Å². The number of anilines is 1. The van der Waals surface area contributed by atoms with Gasteiger partial charge in [0.05, 0.1) is 13.1 Å². The predicted molar refractivity (Wildman–Crippen MR) is 95.1 cm³/mol. The molecular weight excluding hydrogens is 339 g/mol. The van der Waals surface area contributed by atoms with E-state index in [0.29, 0.717) is 0 Å². The lowest BCUT2D eigenvalue weighted by Gasteiger charge is -2.35. The third-order valence-corrected chi connectivity index (χ3v) is 5.28. The molecule has 2 aromatic heterocycles. The summed E-state index contributed by atoms with van der Waals surface area (Å²) in [4.78, 5) is 5.89. The van der Waals surface area contributed by atoms with Crippen molar-refractivity contribution in [3.05, 3.63) is 58.3 Å². The highest BCUT2D eigenvalue weighted by molar-refractivity contribution is 7.09. The van der Waals surface area contributed by atoms with Gasteiger partial charge >= 0.3 is 0 Å². The molecule has 8 heteroatoms. The lowest BCUT2D eigenvalue weighted by atomic mass is 10.2. The van der Waals surface area contributed by atoms with Gasteiger partial charge in [-0.1, -0.05) is 6.07 Å². The van der Waals surface area contributed by atoms with Crippen molar-refractivity contribution in [1.82, 2.24) is 25.1 Å². The van der Waals surface area contributed by atoms with E-state index in [1.807, 2.05) is 22.9 Å². The topological polar surface area (TPSA) is 50.1 Å². The van der Waals surface area contributed by atoms with Crippen LogP contribution >= 0.6 is 11.3 Å². The van der Waals surface area contributed by atoms with Gasteiger partial charge in [-0.05, 0) is 46.1 Å². The Morgan fingerprint density at radius 2 is 1.80 bits per heavy atom. The first-order valence-electron chi connectivity index (χ1n) is 8.28. The Bertz CT molecular complexity index is 793. The quantitative estimate of drug-likeness (QED) is 0.700. The fraction of sp³-hybridized carbons (Fsp3) is 0.353. The standard InChI is InChI=1S/C17H19FN6S/c18-14-3-5-15(6-4-14)23-9-7-22(8-10-23)13-17-19-20-21-24(17)12-16-2-1-11-25-16/h1-6,11H,7-10,12-13H2. The number of tetrazole rings is 1. The summed E-state index contributed by atoms with van der Waals surface area (Å²) in [7, 11) is 0. The summed E-state index contributed by atoms with van der Waals surface area (Å²) in [5.74, 6) is 0.698. The third kappa shape index (κ3) is 3.85. The molecule has 25 heavy (non-hydrogen) atoms. The van der Waals surface area contributed by atoms with Crippen LogP contribution in [-0.4, -0.2) is 51.3 Å². The second-order valence-corrected chi connectivity index (χ2v) is 7.10. The minimum Gasteiger partial charge on any atom is -0.369 e. The molecular formula is C17H19FN6S. The molecule has 0 bridgehead atoms. The zero-order chi connectivity index (χ0) is 17.1. The Balaban J connectivity index is 1.34. The Morgan fingerprint density at radius 1 is 1.00 bits per heavy atom. The average Bonchev–Trinajstić information content (AvgIpc) is 3.30. The van der Waals surface area contributed by atoms with Crippen molar-refractivity contribution in [3.8, 4) is 0 Å². The Kier molecular flexibility index (Phi) is 4.71. The van der Waals surface area contributed by atoms with E-state index >= 15 is 0 Å². The minimum absolute atomic E-state index is 0.194. The van der Waals surface area contributed by atoms with E-state index in [0.717, 1.165) is 50.8 Å². The van der Waals surface area contributed by atoms with Crippen LogP contribution in [0.1, 0.15) is 10.7 Å². The molecule has 1 saturated heterocycles. The summed E-state index contributed by atoms with van der Waals surface area (Å²) in [6.45, 7) is 5.16. The first-order valence-corrected chi connectivity index (χ1v) is 9.16. The van der Waals surface area contributed by atoms with E-state index < -0.39 is 0 Å². The maximum absolute atomic E-state index is 13.1. The Labute approximate surface area is 149 Å². The lowest BCUT2D eigenvalue weighted by Crippen LogP contribution is -2.46. The van der Waals surface area contributed by atoms with Crippen LogP contribution in [0.25, 0.3) is 0 Å². The van der Waals surface area contributed by atoms with Gasteiger partial charge in [-0.25, -0.2) is 9.07 Å². The summed E-state index contributed by atoms with van der Waals surface area (Å²) in [5.41, 5.74) is 1.07. The monoisotopic (exact) mass is 358 g/mol. The molecule has 0 aliphatic carbocycles. The second kappa shape index (κ2) is 7.28. The Hall–Kier alpha value is -2.32. The SMILES string of the molecule is Fc1ccc(N2CCN(Cc3nnnn3Cc3cccs3)CC2)cc1. The van der Waals surface area contributed by atoms with Crippen LogP contribution in [-0.2, 0) is 13.1 Å². The summed E-state index contributed by atoms with van der Waals surface area (Å²) < 4.78 is 14.9. The molecule has 4 rings (SSSR count). The van der Waals surface area contributed by atoms with Crippen LogP contribution in [0.15, 0.2) is 41.8 Å². The van der Waals surface area contributed by atoms with E-state index in [2.05, 4.69) is 36.8 Å². The second-order valence-electron chi connectivity index (χ2n) is 6.07. The van der Waals surface area contributed by atoms with Gasteiger partial charge in [0, 0.05) is 36.7 Å². The van der Waals surface area contributed by atoms with Gasteiger partial charge in [-0.3, -0.25) is 4.90 Å². The molecule has 130 valence electrons. The van der Waals surface area contributed by atoms with Crippen molar-refractivity contribution >= 4 is 17.0 Å².